The van der Waals surface area contributed by atoms with Gasteiger partial charge in [-0.05, 0) is 37.8 Å². The maximum atomic E-state index is 11.5. The molecule has 0 aromatic carbocycles. The number of aryl methyl sites for hydroxylation is 1. The van der Waals surface area contributed by atoms with Gasteiger partial charge in [-0.15, -0.1) is 0 Å². The molecule has 1 saturated carbocycles. The van der Waals surface area contributed by atoms with Gasteiger partial charge in [-0.2, -0.15) is 0 Å². The molecule has 4 heteroatoms. The number of furan rings is 1. The average Bonchev–Trinajstić information content (AvgIpc) is 2.97. The van der Waals surface area contributed by atoms with Gasteiger partial charge in [0.25, 0.3) is 5.91 Å². The normalized spacial score (nSPS) is 17.5. The second-order valence-electron chi connectivity index (χ2n) is 4.03. The summed E-state index contributed by atoms with van der Waals surface area (Å²) in [5.74, 6) is 1.13. The van der Waals surface area contributed by atoms with Crippen molar-refractivity contribution >= 4 is 5.91 Å². The third-order valence-electron chi connectivity index (χ3n) is 2.60. The van der Waals surface area contributed by atoms with Crippen molar-refractivity contribution in [2.75, 3.05) is 6.54 Å². The summed E-state index contributed by atoms with van der Waals surface area (Å²) in [5, 5.41) is 12.2. The van der Waals surface area contributed by atoms with E-state index < -0.39 is 6.10 Å². The van der Waals surface area contributed by atoms with E-state index in [1.165, 1.54) is 0 Å². The molecule has 1 aliphatic carbocycles. The molecule has 0 bridgehead atoms. The SMILES string of the molecule is Cc1ccc(C(=O)NCC(O)C2CC2)o1. The molecule has 1 fully saturated rings. The molecule has 0 aliphatic heterocycles. The Bertz CT molecular complexity index is 354. The van der Waals surface area contributed by atoms with E-state index in [0.29, 0.717) is 24.0 Å². The topological polar surface area (TPSA) is 62.5 Å². The fourth-order valence-electron chi connectivity index (χ4n) is 1.49. The molecule has 0 spiro atoms. The van der Waals surface area contributed by atoms with Crippen molar-refractivity contribution in [2.24, 2.45) is 5.92 Å². The van der Waals surface area contributed by atoms with Gasteiger partial charge < -0.3 is 14.8 Å². The smallest absolute Gasteiger partial charge is 0.287 e. The van der Waals surface area contributed by atoms with Crippen molar-refractivity contribution in [1.29, 1.82) is 0 Å². The lowest BCUT2D eigenvalue weighted by atomic mass is 10.2. The Balaban J connectivity index is 1.81. The van der Waals surface area contributed by atoms with Crippen molar-refractivity contribution in [3.8, 4) is 0 Å². The van der Waals surface area contributed by atoms with Gasteiger partial charge in [0.2, 0.25) is 0 Å². The molecule has 2 rings (SSSR count). The fraction of sp³-hybridized carbons (Fsp3) is 0.545. The van der Waals surface area contributed by atoms with Crippen molar-refractivity contribution in [3.63, 3.8) is 0 Å². The molecule has 1 unspecified atom stereocenters. The van der Waals surface area contributed by atoms with Crippen molar-refractivity contribution < 1.29 is 14.3 Å². The van der Waals surface area contributed by atoms with Crippen molar-refractivity contribution in [2.45, 2.75) is 25.9 Å². The lowest BCUT2D eigenvalue weighted by molar-refractivity contribution is 0.0873. The molecule has 2 N–H and O–H groups in total. The Hall–Kier alpha value is -1.29. The minimum Gasteiger partial charge on any atom is -0.456 e. The Morgan fingerprint density at radius 1 is 1.67 bits per heavy atom. The van der Waals surface area contributed by atoms with Crippen LogP contribution < -0.4 is 5.32 Å². The van der Waals surface area contributed by atoms with E-state index in [4.69, 9.17) is 4.42 Å². The van der Waals surface area contributed by atoms with Crippen LogP contribution in [0.5, 0.6) is 0 Å². The Kier molecular flexibility index (Phi) is 2.77. The summed E-state index contributed by atoms with van der Waals surface area (Å²) < 4.78 is 5.16. The second-order valence-corrected chi connectivity index (χ2v) is 4.03. The monoisotopic (exact) mass is 209 g/mol. The van der Waals surface area contributed by atoms with Crippen molar-refractivity contribution in [1.82, 2.24) is 5.32 Å². The largest absolute Gasteiger partial charge is 0.456 e. The molecule has 1 aliphatic rings. The van der Waals surface area contributed by atoms with Crippen LogP contribution in [0.15, 0.2) is 16.5 Å². The summed E-state index contributed by atoms with van der Waals surface area (Å²) in [6, 6.07) is 3.38. The van der Waals surface area contributed by atoms with Gasteiger partial charge in [0.1, 0.15) is 5.76 Å². The lowest BCUT2D eigenvalue weighted by Crippen LogP contribution is -2.32. The molecular formula is C11H15NO3. The first-order valence-corrected chi connectivity index (χ1v) is 5.19. The van der Waals surface area contributed by atoms with Crippen LogP contribution in [0.4, 0.5) is 0 Å². The minimum absolute atomic E-state index is 0.261. The van der Waals surface area contributed by atoms with E-state index in [1.54, 1.807) is 19.1 Å². The standard InChI is InChI=1S/C11H15NO3/c1-7-2-5-10(15-7)11(14)12-6-9(13)8-3-4-8/h2,5,8-9,13H,3-4,6H2,1H3,(H,12,14). The average molecular weight is 209 g/mol. The van der Waals surface area contributed by atoms with Gasteiger partial charge in [-0.3, -0.25) is 4.79 Å². The summed E-state index contributed by atoms with van der Waals surface area (Å²) >= 11 is 0. The molecule has 0 saturated heterocycles. The first kappa shape index (κ1) is 10.2. The van der Waals surface area contributed by atoms with E-state index in [1.807, 2.05) is 0 Å². The summed E-state index contributed by atoms with van der Waals surface area (Å²) in [5.41, 5.74) is 0. The molecule has 1 aromatic rings. The Morgan fingerprint density at radius 3 is 2.93 bits per heavy atom. The zero-order valence-electron chi connectivity index (χ0n) is 8.69. The Morgan fingerprint density at radius 2 is 2.40 bits per heavy atom. The number of nitrogens with one attached hydrogen (secondary N) is 1. The molecule has 82 valence electrons. The molecule has 15 heavy (non-hydrogen) atoms. The number of amides is 1. The number of aliphatic hydroxyl groups excluding tert-OH is 1. The van der Waals surface area contributed by atoms with Crippen LogP contribution in [0, 0.1) is 12.8 Å². The van der Waals surface area contributed by atoms with Crippen LogP contribution in [0.2, 0.25) is 0 Å². The maximum Gasteiger partial charge on any atom is 0.287 e. The van der Waals surface area contributed by atoms with E-state index in [2.05, 4.69) is 5.32 Å². The van der Waals surface area contributed by atoms with Crippen LogP contribution in [0.3, 0.4) is 0 Å². The van der Waals surface area contributed by atoms with Crippen LogP contribution in [0.1, 0.15) is 29.2 Å². The van der Waals surface area contributed by atoms with Crippen LogP contribution in [0.25, 0.3) is 0 Å². The summed E-state index contributed by atoms with van der Waals surface area (Å²) in [6.45, 7) is 2.10. The number of rotatable bonds is 4. The van der Waals surface area contributed by atoms with Gasteiger partial charge in [-0.1, -0.05) is 0 Å². The maximum absolute atomic E-state index is 11.5. The summed E-state index contributed by atoms with van der Waals surface area (Å²) in [4.78, 5) is 11.5. The van der Waals surface area contributed by atoms with E-state index in [-0.39, 0.29) is 5.91 Å². The first-order chi connectivity index (χ1) is 7.16. The predicted molar refractivity (Wildman–Crippen MR) is 54.5 cm³/mol. The summed E-state index contributed by atoms with van der Waals surface area (Å²) in [7, 11) is 0. The number of carbonyl (C=O) groups is 1. The molecule has 1 amide bonds. The Labute approximate surface area is 88.3 Å². The van der Waals surface area contributed by atoms with E-state index in [9.17, 15) is 9.90 Å². The number of hydrogen-bond donors (Lipinski definition) is 2. The highest BCUT2D eigenvalue weighted by Crippen LogP contribution is 2.32. The molecule has 1 heterocycles. The molecular weight excluding hydrogens is 194 g/mol. The highest BCUT2D eigenvalue weighted by Gasteiger charge is 2.29. The zero-order chi connectivity index (χ0) is 10.8. The van der Waals surface area contributed by atoms with Crippen molar-refractivity contribution in [3.05, 3.63) is 23.7 Å². The second kappa shape index (κ2) is 4.06. The van der Waals surface area contributed by atoms with Gasteiger partial charge in [0.15, 0.2) is 5.76 Å². The van der Waals surface area contributed by atoms with Crippen LogP contribution in [-0.2, 0) is 0 Å². The summed E-state index contributed by atoms with van der Waals surface area (Å²) in [6.07, 6.45) is 1.72. The first-order valence-electron chi connectivity index (χ1n) is 5.19. The van der Waals surface area contributed by atoms with Gasteiger partial charge >= 0.3 is 0 Å². The quantitative estimate of drug-likeness (QED) is 0.780. The molecule has 0 radical (unpaired) electrons. The zero-order valence-corrected chi connectivity index (χ0v) is 8.69. The van der Waals surface area contributed by atoms with Gasteiger partial charge in [0.05, 0.1) is 6.10 Å². The molecule has 1 atom stereocenters. The van der Waals surface area contributed by atoms with Crippen LogP contribution >= 0.6 is 0 Å². The predicted octanol–water partition coefficient (Wildman–Crippen LogP) is 1.09. The molecule has 4 nitrogen and oxygen atoms in total. The number of hydrogen-bond acceptors (Lipinski definition) is 3. The van der Waals surface area contributed by atoms with E-state index >= 15 is 0 Å². The number of aliphatic hydroxyl groups is 1. The van der Waals surface area contributed by atoms with Crippen LogP contribution in [-0.4, -0.2) is 23.7 Å². The van der Waals surface area contributed by atoms with E-state index in [0.717, 1.165) is 12.8 Å². The third kappa shape index (κ3) is 2.59. The van der Waals surface area contributed by atoms with Gasteiger partial charge in [0, 0.05) is 6.54 Å². The minimum atomic E-state index is -0.412. The number of carbonyl (C=O) groups excluding carboxylic acids is 1. The highest BCUT2D eigenvalue weighted by atomic mass is 16.3. The third-order valence-corrected chi connectivity index (χ3v) is 2.60. The molecule has 1 aromatic heterocycles. The highest BCUT2D eigenvalue weighted by molar-refractivity contribution is 5.91. The fourth-order valence-corrected chi connectivity index (χ4v) is 1.49. The van der Waals surface area contributed by atoms with Gasteiger partial charge in [-0.25, -0.2) is 0 Å². The lowest BCUT2D eigenvalue weighted by Gasteiger charge is -2.09.